The van der Waals surface area contributed by atoms with Crippen molar-refractivity contribution < 1.29 is 14.4 Å². The highest BCUT2D eigenvalue weighted by molar-refractivity contribution is 5.85. The molecule has 0 radical (unpaired) electrons. The van der Waals surface area contributed by atoms with Crippen molar-refractivity contribution in [2.24, 2.45) is 17.8 Å². The number of rotatable bonds is 3. The van der Waals surface area contributed by atoms with Crippen LogP contribution in [-0.2, 0) is 0 Å². The summed E-state index contributed by atoms with van der Waals surface area (Å²) in [6, 6.07) is 0. The van der Waals surface area contributed by atoms with Gasteiger partial charge in [-0.2, -0.15) is 13.7 Å². The van der Waals surface area contributed by atoms with Gasteiger partial charge in [-0.25, -0.2) is 14.4 Å². The van der Waals surface area contributed by atoms with E-state index >= 15 is 0 Å². The third-order valence-electron chi connectivity index (χ3n) is 3.29. The molecule has 1 rings (SSSR count). The summed E-state index contributed by atoms with van der Waals surface area (Å²) < 4.78 is 0.520. The number of nitrogens with zero attached hydrogens (tertiary/aromatic N) is 3. The summed E-state index contributed by atoms with van der Waals surface area (Å²) in [6.07, 6.45) is 0. The van der Waals surface area contributed by atoms with E-state index < -0.39 is 52.5 Å². The minimum Gasteiger partial charge on any atom is -0.274 e. The van der Waals surface area contributed by atoms with Crippen LogP contribution >= 0.6 is 0 Å². The summed E-state index contributed by atoms with van der Waals surface area (Å²) in [7, 11) is 0. The van der Waals surface area contributed by atoms with Gasteiger partial charge < -0.3 is 0 Å². The van der Waals surface area contributed by atoms with E-state index in [2.05, 4.69) is 0 Å². The molecule has 1 heterocycles. The van der Waals surface area contributed by atoms with Crippen LogP contribution in [0, 0.1) is 17.8 Å². The van der Waals surface area contributed by atoms with Gasteiger partial charge >= 0.3 is 17.1 Å². The van der Waals surface area contributed by atoms with Gasteiger partial charge in [0, 0.05) is 17.8 Å². The van der Waals surface area contributed by atoms with Gasteiger partial charge in [-0.1, -0.05) is 41.5 Å². The summed E-state index contributed by atoms with van der Waals surface area (Å²) >= 11 is 0. The van der Waals surface area contributed by atoms with E-state index in [4.69, 9.17) is 0 Å². The number of hydrogen-bond acceptors (Lipinski definition) is 6. The van der Waals surface area contributed by atoms with E-state index in [1.54, 1.807) is 0 Å². The maximum Gasteiger partial charge on any atom is 0.350 e. The van der Waals surface area contributed by atoms with Crippen LogP contribution in [0.15, 0.2) is 14.4 Å². The summed E-state index contributed by atoms with van der Waals surface area (Å²) in [4.78, 5) is 73.8. The Hall–Kier alpha value is -2.58. The van der Waals surface area contributed by atoms with E-state index in [0.717, 1.165) is 0 Å². The second-order valence-electron chi connectivity index (χ2n) is 6.33. The molecule has 1 aromatic rings. The molecule has 0 fully saturated rings. The first-order valence-electron chi connectivity index (χ1n) is 7.57. The molecule has 0 aliphatic carbocycles. The molecule has 0 aliphatic rings. The van der Waals surface area contributed by atoms with Gasteiger partial charge in [0.15, 0.2) is 0 Å². The molecule has 0 saturated carbocycles. The molecular formula is C15H21N3O6. The van der Waals surface area contributed by atoms with E-state index in [9.17, 15) is 28.8 Å². The highest BCUT2D eigenvalue weighted by Crippen LogP contribution is 1.98. The maximum absolute atomic E-state index is 12.4. The third-order valence-corrected chi connectivity index (χ3v) is 3.29. The van der Waals surface area contributed by atoms with Gasteiger partial charge in [-0.3, -0.25) is 14.4 Å². The van der Waals surface area contributed by atoms with Crippen molar-refractivity contribution in [3.63, 3.8) is 0 Å². The van der Waals surface area contributed by atoms with Gasteiger partial charge in [-0.05, 0) is 0 Å². The molecule has 0 spiro atoms. The molecule has 0 aliphatic heterocycles. The Balaban J connectivity index is 4.08. The van der Waals surface area contributed by atoms with Crippen molar-refractivity contribution in [2.75, 3.05) is 0 Å². The fraction of sp³-hybridized carbons (Fsp3) is 0.600. The van der Waals surface area contributed by atoms with Gasteiger partial charge in [-0.15, -0.1) is 0 Å². The third kappa shape index (κ3) is 3.19. The zero-order valence-electron chi connectivity index (χ0n) is 14.5. The second-order valence-corrected chi connectivity index (χ2v) is 6.33. The number of carbonyl (C=O) groups is 3. The highest BCUT2D eigenvalue weighted by atomic mass is 16.2. The zero-order valence-corrected chi connectivity index (χ0v) is 14.5. The Morgan fingerprint density at radius 1 is 0.542 bits per heavy atom. The Morgan fingerprint density at radius 3 is 0.833 bits per heavy atom. The summed E-state index contributed by atoms with van der Waals surface area (Å²) in [5, 5.41) is 0. The van der Waals surface area contributed by atoms with E-state index in [1.165, 1.54) is 41.5 Å². The predicted molar refractivity (Wildman–Crippen MR) is 85.6 cm³/mol. The van der Waals surface area contributed by atoms with Gasteiger partial charge in [0.2, 0.25) is 17.7 Å². The van der Waals surface area contributed by atoms with Crippen LogP contribution in [0.2, 0.25) is 0 Å². The van der Waals surface area contributed by atoms with Crippen LogP contribution in [0.1, 0.15) is 55.9 Å². The number of aromatic nitrogens is 3. The van der Waals surface area contributed by atoms with E-state index in [-0.39, 0.29) is 13.7 Å². The molecule has 0 N–H and O–H groups in total. The average Bonchev–Trinajstić information content (AvgIpc) is 2.46. The maximum atomic E-state index is 12.4. The molecule has 0 aromatic carbocycles. The fourth-order valence-electron chi connectivity index (χ4n) is 1.89. The summed E-state index contributed by atoms with van der Waals surface area (Å²) in [5.41, 5.74) is -4.05. The largest absolute Gasteiger partial charge is 0.350 e. The van der Waals surface area contributed by atoms with Crippen molar-refractivity contribution in [3.05, 3.63) is 31.5 Å². The smallest absolute Gasteiger partial charge is 0.274 e. The number of carbonyl (C=O) groups excluding carboxylic acids is 3. The minimum absolute atomic E-state index is 0.173. The molecule has 0 bridgehead atoms. The average molecular weight is 339 g/mol. The first kappa shape index (κ1) is 19.5. The van der Waals surface area contributed by atoms with Crippen LogP contribution in [0.3, 0.4) is 0 Å². The monoisotopic (exact) mass is 339 g/mol. The first-order chi connectivity index (χ1) is 10.9. The minimum atomic E-state index is -1.35. The molecule has 132 valence electrons. The lowest BCUT2D eigenvalue weighted by Gasteiger charge is -2.14. The molecule has 24 heavy (non-hydrogen) atoms. The van der Waals surface area contributed by atoms with Crippen LogP contribution in [0.4, 0.5) is 0 Å². The van der Waals surface area contributed by atoms with Gasteiger partial charge in [0.05, 0.1) is 0 Å². The summed E-state index contributed by atoms with van der Waals surface area (Å²) in [5.74, 6) is -4.96. The molecule has 0 unspecified atom stereocenters. The van der Waals surface area contributed by atoms with Crippen LogP contribution in [0.5, 0.6) is 0 Å². The molecule has 9 nitrogen and oxygen atoms in total. The van der Waals surface area contributed by atoms with Gasteiger partial charge in [0.25, 0.3) is 0 Å². The standard InChI is InChI=1S/C15H21N3O6/c1-7(2)10(19)16-13(22)17(11(20)8(3)4)15(24)18(14(16)23)12(21)9(5)6/h7-9H,1-6H3. The molecule has 9 heteroatoms. The predicted octanol–water partition coefficient (Wildman–Crippen LogP) is 0.0603. The molecular weight excluding hydrogens is 318 g/mol. The van der Waals surface area contributed by atoms with Crippen molar-refractivity contribution in [1.29, 1.82) is 0 Å². The highest BCUT2D eigenvalue weighted by Gasteiger charge is 2.29. The van der Waals surface area contributed by atoms with Crippen LogP contribution < -0.4 is 17.1 Å². The van der Waals surface area contributed by atoms with Gasteiger partial charge in [0.1, 0.15) is 0 Å². The lowest BCUT2D eigenvalue weighted by molar-refractivity contribution is 0.0783. The Labute approximate surface area is 137 Å². The topological polar surface area (TPSA) is 117 Å². The molecule has 0 atom stereocenters. The van der Waals surface area contributed by atoms with Crippen LogP contribution in [-0.4, -0.2) is 31.4 Å². The lowest BCUT2D eigenvalue weighted by atomic mass is 10.2. The second kappa shape index (κ2) is 6.90. The SMILES string of the molecule is CC(C)C(=O)n1c(=O)n(C(=O)C(C)C)c(=O)n(C(=O)C(C)C)c1=O. The first-order valence-corrected chi connectivity index (χ1v) is 7.57. The molecule has 0 saturated heterocycles. The summed E-state index contributed by atoms with van der Waals surface area (Å²) in [6.45, 7) is 8.68. The van der Waals surface area contributed by atoms with Crippen molar-refractivity contribution in [3.8, 4) is 0 Å². The van der Waals surface area contributed by atoms with Crippen molar-refractivity contribution in [1.82, 2.24) is 13.7 Å². The van der Waals surface area contributed by atoms with E-state index in [0.29, 0.717) is 0 Å². The van der Waals surface area contributed by atoms with Crippen molar-refractivity contribution in [2.45, 2.75) is 41.5 Å². The number of hydrogen-bond donors (Lipinski definition) is 0. The molecule has 1 aromatic heterocycles. The zero-order chi connectivity index (χ0) is 18.9. The normalized spacial score (nSPS) is 11.4. The van der Waals surface area contributed by atoms with Crippen LogP contribution in [0.25, 0.3) is 0 Å². The quantitative estimate of drug-likeness (QED) is 0.768. The Morgan fingerprint density at radius 2 is 0.708 bits per heavy atom. The Kier molecular flexibility index (Phi) is 5.59. The van der Waals surface area contributed by atoms with Crippen molar-refractivity contribution >= 4 is 17.7 Å². The lowest BCUT2D eigenvalue weighted by Crippen LogP contribution is -2.60. The van der Waals surface area contributed by atoms with E-state index in [1.807, 2.05) is 0 Å². The Bertz CT molecular complexity index is 722. The molecule has 0 amide bonds. The fourth-order valence-corrected chi connectivity index (χ4v) is 1.89.